The molecule has 2 rings (SSSR count). The van der Waals surface area contributed by atoms with E-state index in [0.717, 1.165) is 16.7 Å². The number of alkyl halides is 2. The molecule has 2 aromatic rings. The number of likely N-dealkylation sites (N-methyl/N-ethyl adjacent to an activating group) is 1. The zero-order valence-electron chi connectivity index (χ0n) is 12.6. The number of aldehydes is 1. The third kappa shape index (κ3) is 3.39. The molecule has 0 amide bonds. The number of carbonyl (C=O) groups is 1. The average molecular weight is 303 g/mol. The third-order valence-electron chi connectivity index (χ3n) is 3.61. The highest BCUT2D eigenvalue weighted by atomic mass is 19.3. The molecule has 0 aliphatic carbocycles. The summed E-state index contributed by atoms with van der Waals surface area (Å²) in [6.07, 6.45) is 0.261. The van der Waals surface area contributed by atoms with Crippen molar-refractivity contribution < 1.29 is 13.6 Å². The van der Waals surface area contributed by atoms with Gasteiger partial charge in [-0.2, -0.15) is 8.78 Å². The Bertz CT molecular complexity index is 621. The van der Waals surface area contributed by atoms with E-state index in [1.165, 1.54) is 12.1 Å². The fourth-order valence-corrected chi connectivity index (χ4v) is 2.29. The van der Waals surface area contributed by atoms with E-state index in [4.69, 9.17) is 0 Å². The van der Waals surface area contributed by atoms with Crippen molar-refractivity contribution in [1.82, 2.24) is 5.32 Å². The smallest absolute Gasteiger partial charge is 0.294 e. The van der Waals surface area contributed by atoms with Crippen LogP contribution < -0.4 is 5.32 Å². The molecule has 116 valence electrons. The van der Waals surface area contributed by atoms with Gasteiger partial charge in [0.15, 0.2) is 0 Å². The highest BCUT2D eigenvalue weighted by Gasteiger charge is 2.40. The van der Waals surface area contributed by atoms with Gasteiger partial charge in [-0.15, -0.1) is 0 Å². The molecule has 2 nitrogen and oxygen atoms in total. The molecule has 0 aliphatic rings. The molecule has 1 N–H and O–H groups in total. The molecule has 2 aromatic carbocycles. The van der Waals surface area contributed by atoms with Crippen molar-refractivity contribution in [3.8, 4) is 11.1 Å². The second-order valence-corrected chi connectivity index (χ2v) is 5.24. The lowest BCUT2D eigenvalue weighted by molar-refractivity contribution is -0.120. The number of hydrogen-bond acceptors (Lipinski definition) is 2. The fourth-order valence-electron chi connectivity index (χ4n) is 2.29. The Kier molecular flexibility index (Phi) is 5.03. The lowest BCUT2D eigenvalue weighted by Crippen LogP contribution is -2.44. The SMILES string of the molecule is CCN[C@H](C=O)C(F)(F)c1ccc(-c2ccc(C)cc2)cc1. The van der Waals surface area contributed by atoms with Crippen LogP contribution in [0.2, 0.25) is 0 Å². The maximum absolute atomic E-state index is 14.3. The van der Waals surface area contributed by atoms with Crippen molar-refractivity contribution >= 4 is 6.29 Å². The van der Waals surface area contributed by atoms with Gasteiger partial charge in [0, 0.05) is 5.56 Å². The van der Waals surface area contributed by atoms with Crippen molar-refractivity contribution in [3.63, 3.8) is 0 Å². The van der Waals surface area contributed by atoms with Crippen LogP contribution in [0.1, 0.15) is 18.1 Å². The van der Waals surface area contributed by atoms with Gasteiger partial charge in [-0.1, -0.05) is 61.0 Å². The van der Waals surface area contributed by atoms with Gasteiger partial charge in [0.25, 0.3) is 5.92 Å². The molecule has 0 heterocycles. The van der Waals surface area contributed by atoms with E-state index in [-0.39, 0.29) is 11.8 Å². The Labute approximate surface area is 129 Å². The highest BCUT2D eigenvalue weighted by molar-refractivity contribution is 5.65. The number of carbonyl (C=O) groups excluding carboxylic acids is 1. The molecule has 0 fully saturated rings. The van der Waals surface area contributed by atoms with Crippen molar-refractivity contribution in [2.24, 2.45) is 0 Å². The lowest BCUT2D eigenvalue weighted by Gasteiger charge is -2.23. The minimum absolute atomic E-state index is 0.165. The molecule has 0 spiro atoms. The summed E-state index contributed by atoms with van der Waals surface area (Å²) in [7, 11) is 0. The quantitative estimate of drug-likeness (QED) is 0.819. The minimum atomic E-state index is -3.23. The molecule has 22 heavy (non-hydrogen) atoms. The van der Waals surface area contributed by atoms with E-state index < -0.39 is 12.0 Å². The molecule has 1 atom stereocenters. The topological polar surface area (TPSA) is 29.1 Å². The summed E-state index contributed by atoms with van der Waals surface area (Å²) in [5, 5.41) is 2.51. The number of nitrogens with one attached hydrogen (secondary N) is 1. The summed E-state index contributed by atoms with van der Waals surface area (Å²) in [6.45, 7) is 3.99. The van der Waals surface area contributed by atoms with Crippen molar-refractivity contribution in [3.05, 3.63) is 59.7 Å². The monoisotopic (exact) mass is 303 g/mol. The number of hydrogen-bond donors (Lipinski definition) is 1. The first-order chi connectivity index (χ1) is 10.5. The lowest BCUT2D eigenvalue weighted by atomic mass is 9.97. The van der Waals surface area contributed by atoms with E-state index in [9.17, 15) is 13.6 Å². The van der Waals surface area contributed by atoms with Crippen LogP contribution in [-0.2, 0) is 10.7 Å². The Hall–Kier alpha value is -2.07. The summed E-state index contributed by atoms with van der Waals surface area (Å²) in [6, 6.07) is 12.4. The van der Waals surface area contributed by atoms with Crippen LogP contribution in [0.4, 0.5) is 8.78 Å². The number of benzene rings is 2. The molecule has 0 bridgehead atoms. The average Bonchev–Trinajstić information content (AvgIpc) is 2.53. The predicted octanol–water partition coefficient (Wildman–Crippen LogP) is 3.93. The van der Waals surface area contributed by atoms with Crippen molar-refractivity contribution in [2.45, 2.75) is 25.8 Å². The third-order valence-corrected chi connectivity index (χ3v) is 3.61. The second-order valence-electron chi connectivity index (χ2n) is 5.24. The largest absolute Gasteiger partial charge is 0.303 e. The van der Waals surface area contributed by atoms with E-state index in [1.807, 2.05) is 31.2 Å². The van der Waals surface area contributed by atoms with Gasteiger partial charge in [0.2, 0.25) is 0 Å². The molecule has 0 aromatic heterocycles. The molecule has 4 heteroatoms. The summed E-state index contributed by atoms with van der Waals surface area (Å²) in [5.74, 6) is -3.23. The molecule has 0 unspecified atom stereocenters. The van der Waals surface area contributed by atoms with Crippen LogP contribution in [0.3, 0.4) is 0 Å². The van der Waals surface area contributed by atoms with Gasteiger partial charge >= 0.3 is 0 Å². The predicted molar refractivity (Wildman–Crippen MR) is 84.0 cm³/mol. The normalized spacial score (nSPS) is 12.9. The fraction of sp³-hybridized carbons (Fsp3) is 0.278. The molecule has 0 aliphatic heterocycles. The van der Waals surface area contributed by atoms with Gasteiger partial charge < -0.3 is 10.1 Å². The first-order valence-corrected chi connectivity index (χ1v) is 7.23. The van der Waals surface area contributed by atoms with E-state index in [0.29, 0.717) is 6.54 Å². The number of halogens is 2. The van der Waals surface area contributed by atoms with Crippen LogP contribution in [0.15, 0.2) is 48.5 Å². The van der Waals surface area contributed by atoms with Crippen LogP contribution >= 0.6 is 0 Å². The Balaban J connectivity index is 2.27. The Morgan fingerprint density at radius 2 is 1.55 bits per heavy atom. The van der Waals surface area contributed by atoms with Gasteiger partial charge in [0.1, 0.15) is 12.3 Å². The Morgan fingerprint density at radius 3 is 2.00 bits per heavy atom. The minimum Gasteiger partial charge on any atom is -0.303 e. The second kappa shape index (κ2) is 6.79. The van der Waals surface area contributed by atoms with Gasteiger partial charge in [0.05, 0.1) is 0 Å². The zero-order valence-corrected chi connectivity index (χ0v) is 12.6. The van der Waals surface area contributed by atoms with E-state index >= 15 is 0 Å². The Morgan fingerprint density at radius 1 is 1.05 bits per heavy atom. The van der Waals surface area contributed by atoms with E-state index in [1.54, 1.807) is 19.1 Å². The van der Waals surface area contributed by atoms with Crippen LogP contribution in [0.25, 0.3) is 11.1 Å². The van der Waals surface area contributed by atoms with Gasteiger partial charge in [-0.3, -0.25) is 0 Å². The maximum Gasteiger partial charge on any atom is 0.294 e. The zero-order chi connectivity index (χ0) is 16.2. The van der Waals surface area contributed by atoms with Crippen molar-refractivity contribution in [2.75, 3.05) is 6.54 Å². The van der Waals surface area contributed by atoms with Gasteiger partial charge in [-0.25, -0.2) is 0 Å². The molecule has 0 saturated heterocycles. The first-order valence-electron chi connectivity index (χ1n) is 7.23. The summed E-state index contributed by atoms with van der Waals surface area (Å²) < 4.78 is 28.6. The highest BCUT2D eigenvalue weighted by Crippen LogP contribution is 2.32. The van der Waals surface area contributed by atoms with Crippen LogP contribution in [-0.4, -0.2) is 18.9 Å². The summed E-state index contributed by atoms with van der Waals surface area (Å²) >= 11 is 0. The van der Waals surface area contributed by atoms with Gasteiger partial charge in [-0.05, 0) is 24.6 Å². The summed E-state index contributed by atoms with van der Waals surface area (Å²) in [5.41, 5.74) is 2.82. The van der Waals surface area contributed by atoms with Crippen LogP contribution in [0.5, 0.6) is 0 Å². The maximum atomic E-state index is 14.3. The first kappa shape index (κ1) is 16.3. The number of rotatable bonds is 6. The molecule has 0 saturated carbocycles. The molecular formula is C18H19F2NO. The van der Waals surface area contributed by atoms with E-state index in [2.05, 4.69) is 5.32 Å². The molecular weight excluding hydrogens is 284 g/mol. The standard InChI is InChI=1S/C18H19F2NO/c1-3-21-17(12-22)18(19,20)16-10-8-15(9-11-16)14-6-4-13(2)5-7-14/h4-12,17,21H,3H2,1-2H3/t17-/m1/s1. The van der Waals surface area contributed by atoms with Crippen molar-refractivity contribution in [1.29, 1.82) is 0 Å². The van der Waals surface area contributed by atoms with Crippen LogP contribution in [0, 0.1) is 6.92 Å². The molecule has 0 radical (unpaired) electrons. The number of aryl methyl sites for hydroxylation is 1. The summed E-state index contributed by atoms with van der Waals surface area (Å²) in [4.78, 5) is 10.9.